The van der Waals surface area contributed by atoms with Crippen LogP contribution in [0, 0.1) is 0 Å². The van der Waals surface area contributed by atoms with E-state index in [0.29, 0.717) is 23.6 Å². The third-order valence-electron chi connectivity index (χ3n) is 5.03. The van der Waals surface area contributed by atoms with Crippen LogP contribution in [-0.2, 0) is 22.7 Å². The zero-order chi connectivity index (χ0) is 18.3. The number of carbonyl (C=O) groups excluding carboxylic acids is 1. The lowest BCUT2D eigenvalue weighted by Crippen LogP contribution is -2.23. The van der Waals surface area contributed by atoms with Crippen LogP contribution in [-0.4, -0.2) is 42.7 Å². The minimum absolute atomic E-state index is 0.0486. The van der Waals surface area contributed by atoms with Gasteiger partial charge in [0.25, 0.3) is 5.91 Å². The van der Waals surface area contributed by atoms with Crippen molar-refractivity contribution in [3.05, 3.63) is 41.2 Å². The number of methoxy groups -OCH3 is 1. The zero-order valence-corrected chi connectivity index (χ0v) is 15.4. The largest absolute Gasteiger partial charge is 0.497 e. The van der Waals surface area contributed by atoms with Gasteiger partial charge in [0.1, 0.15) is 11.4 Å². The first-order valence-corrected chi connectivity index (χ1v) is 10.5. The Morgan fingerprint density at radius 2 is 2.19 bits per heavy atom. The average Bonchev–Trinajstić information content (AvgIpc) is 3.28. The summed E-state index contributed by atoms with van der Waals surface area (Å²) in [6.45, 7) is 0. The number of aryl methyl sites for hydroxylation is 1. The molecule has 138 valence electrons. The number of nitrogens with zero attached hydrogens (tertiary/aromatic N) is 2. The Labute approximate surface area is 152 Å². The standard InChI is InChI=1S/C18H21N3O4S/c1-25-14-5-2-4-12(10-14)19-18(22)17-15-6-3-7-16(15)20-21(17)13-8-9-26(23,24)11-13/h2,4-5,10,13H,3,6-9,11H2,1H3,(H,19,22). The molecule has 1 aromatic carbocycles. The second kappa shape index (κ2) is 6.42. The second-order valence-electron chi connectivity index (χ2n) is 6.81. The summed E-state index contributed by atoms with van der Waals surface area (Å²) in [5.41, 5.74) is 3.01. The van der Waals surface area contributed by atoms with E-state index in [-0.39, 0.29) is 23.5 Å². The Morgan fingerprint density at radius 1 is 1.35 bits per heavy atom. The molecule has 2 aromatic rings. The van der Waals surface area contributed by atoms with Crippen molar-refractivity contribution in [2.45, 2.75) is 31.7 Å². The van der Waals surface area contributed by atoms with E-state index in [0.717, 1.165) is 30.5 Å². The molecule has 1 N–H and O–H groups in total. The van der Waals surface area contributed by atoms with E-state index < -0.39 is 9.84 Å². The number of benzene rings is 1. The SMILES string of the molecule is COc1cccc(NC(=O)c2c3c(nn2C2CCS(=O)(=O)C2)CCC3)c1. The summed E-state index contributed by atoms with van der Waals surface area (Å²) in [5.74, 6) is 0.605. The monoisotopic (exact) mass is 375 g/mol. The molecule has 2 aliphatic rings. The van der Waals surface area contributed by atoms with Crippen LogP contribution >= 0.6 is 0 Å². The molecule has 1 aliphatic carbocycles. The van der Waals surface area contributed by atoms with Crippen molar-refractivity contribution in [3.63, 3.8) is 0 Å². The molecule has 1 aromatic heterocycles. The topological polar surface area (TPSA) is 90.3 Å². The number of nitrogens with one attached hydrogen (secondary N) is 1. The second-order valence-corrected chi connectivity index (χ2v) is 9.04. The number of amides is 1. The molecule has 1 amide bonds. The molecule has 0 saturated carbocycles. The molecule has 1 unspecified atom stereocenters. The Kier molecular flexibility index (Phi) is 4.22. The summed E-state index contributed by atoms with van der Waals surface area (Å²) in [6.07, 6.45) is 3.11. The van der Waals surface area contributed by atoms with Crippen molar-refractivity contribution in [2.24, 2.45) is 0 Å². The van der Waals surface area contributed by atoms with E-state index in [9.17, 15) is 13.2 Å². The van der Waals surface area contributed by atoms with Crippen LogP contribution in [0.4, 0.5) is 5.69 Å². The molecule has 1 aliphatic heterocycles. The summed E-state index contributed by atoms with van der Waals surface area (Å²) in [7, 11) is -1.48. The number of carbonyl (C=O) groups is 1. The highest BCUT2D eigenvalue weighted by Crippen LogP contribution is 2.32. The van der Waals surface area contributed by atoms with Gasteiger partial charge in [0, 0.05) is 17.3 Å². The number of anilines is 1. The minimum Gasteiger partial charge on any atom is -0.497 e. The molecule has 2 heterocycles. The first-order valence-electron chi connectivity index (χ1n) is 8.73. The molecule has 0 radical (unpaired) electrons. The maximum atomic E-state index is 13.0. The number of sulfone groups is 1. The summed E-state index contributed by atoms with van der Waals surface area (Å²) in [5, 5.41) is 7.51. The van der Waals surface area contributed by atoms with E-state index in [1.54, 1.807) is 36.1 Å². The van der Waals surface area contributed by atoms with Crippen molar-refractivity contribution >= 4 is 21.4 Å². The van der Waals surface area contributed by atoms with E-state index in [1.165, 1.54) is 0 Å². The highest BCUT2D eigenvalue weighted by atomic mass is 32.2. The fourth-order valence-corrected chi connectivity index (χ4v) is 5.47. The van der Waals surface area contributed by atoms with Crippen LogP contribution in [0.15, 0.2) is 24.3 Å². The molecule has 0 spiro atoms. The van der Waals surface area contributed by atoms with Gasteiger partial charge in [-0.05, 0) is 37.8 Å². The fraction of sp³-hybridized carbons (Fsp3) is 0.444. The third kappa shape index (κ3) is 3.09. The number of hydrogen-bond acceptors (Lipinski definition) is 5. The Bertz CT molecular complexity index is 965. The molecule has 1 fully saturated rings. The lowest BCUT2D eigenvalue weighted by atomic mass is 10.1. The first-order chi connectivity index (χ1) is 12.5. The molecule has 4 rings (SSSR count). The summed E-state index contributed by atoms with van der Waals surface area (Å²) < 4.78 is 30.6. The number of hydrogen-bond donors (Lipinski definition) is 1. The normalized spacial score (nSPS) is 20.7. The Hall–Kier alpha value is -2.35. The quantitative estimate of drug-likeness (QED) is 0.883. The molecule has 0 bridgehead atoms. The van der Waals surface area contributed by atoms with Gasteiger partial charge in [0.2, 0.25) is 0 Å². The maximum absolute atomic E-state index is 13.0. The molecular formula is C18H21N3O4S. The van der Waals surface area contributed by atoms with Gasteiger partial charge >= 0.3 is 0 Å². The van der Waals surface area contributed by atoms with Crippen LogP contribution < -0.4 is 10.1 Å². The van der Waals surface area contributed by atoms with E-state index in [1.807, 2.05) is 0 Å². The molecule has 1 atom stereocenters. The summed E-state index contributed by atoms with van der Waals surface area (Å²) in [4.78, 5) is 13.0. The van der Waals surface area contributed by atoms with Gasteiger partial charge in [-0.2, -0.15) is 5.10 Å². The molecule has 7 nitrogen and oxygen atoms in total. The van der Waals surface area contributed by atoms with Gasteiger partial charge in [-0.1, -0.05) is 6.07 Å². The van der Waals surface area contributed by atoms with Gasteiger partial charge in [0.05, 0.1) is 30.4 Å². The highest BCUT2D eigenvalue weighted by molar-refractivity contribution is 7.91. The molecular weight excluding hydrogens is 354 g/mol. The van der Waals surface area contributed by atoms with Crippen molar-refractivity contribution < 1.29 is 17.9 Å². The number of ether oxygens (including phenoxy) is 1. The average molecular weight is 375 g/mol. The third-order valence-corrected chi connectivity index (χ3v) is 6.78. The van der Waals surface area contributed by atoms with Crippen molar-refractivity contribution in [3.8, 4) is 5.75 Å². The maximum Gasteiger partial charge on any atom is 0.274 e. The Balaban J connectivity index is 1.67. The molecule has 26 heavy (non-hydrogen) atoms. The predicted octanol–water partition coefficient (Wildman–Crippen LogP) is 1.99. The zero-order valence-electron chi connectivity index (χ0n) is 14.6. The predicted molar refractivity (Wildman–Crippen MR) is 97.5 cm³/mol. The van der Waals surface area contributed by atoms with Crippen LogP contribution in [0.3, 0.4) is 0 Å². The first kappa shape index (κ1) is 17.1. The lowest BCUT2D eigenvalue weighted by Gasteiger charge is -2.15. The summed E-state index contributed by atoms with van der Waals surface area (Å²) >= 11 is 0. The van der Waals surface area contributed by atoms with Gasteiger partial charge in [-0.25, -0.2) is 8.42 Å². The molecule has 8 heteroatoms. The number of fused-ring (bicyclic) bond motifs is 1. The highest BCUT2D eigenvalue weighted by Gasteiger charge is 2.35. The fourth-order valence-electron chi connectivity index (χ4n) is 3.78. The minimum atomic E-state index is -3.06. The summed E-state index contributed by atoms with van der Waals surface area (Å²) in [6, 6.07) is 6.89. The van der Waals surface area contributed by atoms with Crippen molar-refractivity contribution in [1.29, 1.82) is 0 Å². The molecule has 1 saturated heterocycles. The van der Waals surface area contributed by atoms with Gasteiger partial charge < -0.3 is 10.1 Å². The van der Waals surface area contributed by atoms with Crippen LogP contribution in [0.25, 0.3) is 0 Å². The number of aromatic nitrogens is 2. The van der Waals surface area contributed by atoms with E-state index in [2.05, 4.69) is 10.4 Å². The van der Waals surface area contributed by atoms with Crippen LogP contribution in [0.2, 0.25) is 0 Å². The lowest BCUT2D eigenvalue weighted by molar-refractivity contribution is 0.101. The smallest absolute Gasteiger partial charge is 0.274 e. The Morgan fingerprint density at radius 3 is 2.92 bits per heavy atom. The van der Waals surface area contributed by atoms with Crippen LogP contribution in [0.1, 0.15) is 40.6 Å². The van der Waals surface area contributed by atoms with Gasteiger partial charge in [0.15, 0.2) is 9.84 Å². The van der Waals surface area contributed by atoms with E-state index in [4.69, 9.17) is 4.74 Å². The van der Waals surface area contributed by atoms with Crippen LogP contribution in [0.5, 0.6) is 5.75 Å². The van der Waals surface area contributed by atoms with E-state index >= 15 is 0 Å². The van der Waals surface area contributed by atoms with Gasteiger partial charge in [-0.3, -0.25) is 9.48 Å². The van der Waals surface area contributed by atoms with Crippen molar-refractivity contribution in [1.82, 2.24) is 9.78 Å². The number of rotatable bonds is 4. The van der Waals surface area contributed by atoms with Gasteiger partial charge in [-0.15, -0.1) is 0 Å². The van der Waals surface area contributed by atoms with Crippen molar-refractivity contribution in [2.75, 3.05) is 23.9 Å².